The number of fused-ring (bicyclic) bond motifs is 2. The summed E-state index contributed by atoms with van der Waals surface area (Å²) >= 11 is 0. The molecular formula is C17H23NO2. The van der Waals surface area contributed by atoms with Crippen LogP contribution in [0, 0.1) is 11.8 Å². The first-order valence-corrected chi connectivity index (χ1v) is 7.54. The molecule has 20 heavy (non-hydrogen) atoms. The molecule has 2 aliphatic rings. The van der Waals surface area contributed by atoms with Crippen molar-refractivity contribution in [1.82, 2.24) is 0 Å². The fourth-order valence-electron chi connectivity index (χ4n) is 4.21. The van der Waals surface area contributed by atoms with Crippen LogP contribution in [-0.4, -0.2) is 17.1 Å². The second-order valence-electron chi connectivity index (χ2n) is 7.03. The molecule has 1 heterocycles. The summed E-state index contributed by atoms with van der Waals surface area (Å²) in [5.74, 6) is 0.473. The molecule has 1 saturated carbocycles. The smallest absolute Gasteiger partial charge is 0.337 e. The number of aromatic carboxylic acids is 1. The molecule has 0 aromatic heterocycles. The Balaban J connectivity index is 2.11. The molecule has 1 aliphatic heterocycles. The van der Waals surface area contributed by atoms with Gasteiger partial charge in [0.2, 0.25) is 0 Å². The third-order valence-corrected chi connectivity index (χ3v) is 5.36. The monoisotopic (exact) mass is 273 g/mol. The first-order chi connectivity index (χ1) is 9.41. The number of nitrogens with one attached hydrogen (secondary N) is 1. The van der Waals surface area contributed by atoms with E-state index in [4.69, 9.17) is 0 Å². The molecule has 1 aromatic carbocycles. The fourth-order valence-corrected chi connectivity index (χ4v) is 4.21. The molecule has 3 rings (SSSR count). The molecule has 1 fully saturated rings. The lowest BCUT2D eigenvalue weighted by molar-refractivity contribution is 0.0697. The van der Waals surface area contributed by atoms with Gasteiger partial charge in [0.05, 0.1) is 11.3 Å². The number of rotatable bonds is 1. The van der Waals surface area contributed by atoms with Crippen molar-refractivity contribution in [3.05, 3.63) is 29.3 Å². The van der Waals surface area contributed by atoms with Gasteiger partial charge in [0.15, 0.2) is 0 Å². The van der Waals surface area contributed by atoms with Crippen LogP contribution in [0.5, 0.6) is 0 Å². The molecule has 3 nitrogen and oxygen atoms in total. The minimum atomic E-state index is -0.840. The van der Waals surface area contributed by atoms with E-state index in [0.29, 0.717) is 17.5 Å². The zero-order valence-electron chi connectivity index (χ0n) is 12.4. The van der Waals surface area contributed by atoms with Crippen LogP contribution >= 0.6 is 0 Å². The van der Waals surface area contributed by atoms with Crippen LogP contribution in [0.1, 0.15) is 56.0 Å². The van der Waals surface area contributed by atoms with Gasteiger partial charge in [-0.2, -0.15) is 0 Å². The molecule has 0 spiro atoms. The van der Waals surface area contributed by atoms with E-state index in [0.717, 1.165) is 23.6 Å². The normalized spacial score (nSPS) is 30.9. The molecule has 3 atom stereocenters. The molecule has 0 bridgehead atoms. The van der Waals surface area contributed by atoms with Crippen LogP contribution in [0.4, 0.5) is 5.69 Å². The molecule has 0 amide bonds. The van der Waals surface area contributed by atoms with Crippen LogP contribution < -0.4 is 5.32 Å². The summed E-state index contributed by atoms with van der Waals surface area (Å²) in [4.78, 5) is 11.5. The Labute approximate surface area is 120 Å². The van der Waals surface area contributed by atoms with Crippen molar-refractivity contribution >= 4 is 11.7 Å². The number of para-hydroxylation sites is 1. The van der Waals surface area contributed by atoms with E-state index in [2.05, 4.69) is 32.2 Å². The maximum atomic E-state index is 11.5. The molecule has 0 saturated heterocycles. The lowest BCUT2D eigenvalue weighted by Gasteiger charge is -2.50. The highest BCUT2D eigenvalue weighted by Gasteiger charge is 2.45. The van der Waals surface area contributed by atoms with E-state index in [9.17, 15) is 9.90 Å². The van der Waals surface area contributed by atoms with E-state index in [1.54, 1.807) is 6.07 Å². The van der Waals surface area contributed by atoms with Gasteiger partial charge >= 0.3 is 5.97 Å². The summed E-state index contributed by atoms with van der Waals surface area (Å²) in [6.45, 7) is 6.83. The number of carboxylic acids is 1. The topological polar surface area (TPSA) is 49.3 Å². The molecule has 1 aliphatic carbocycles. The lowest BCUT2D eigenvalue weighted by Crippen LogP contribution is -2.49. The number of benzene rings is 1. The van der Waals surface area contributed by atoms with Crippen molar-refractivity contribution in [3.8, 4) is 0 Å². The summed E-state index contributed by atoms with van der Waals surface area (Å²) < 4.78 is 0. The third-order valence-electron chi connectivity index (χ3n) is 5.36. The Hall–Kier alpha value is -1.51. The predicted molar refractivity (Wildman–Crippen MR) is 80.3 cm³/mol. The maximum absolute atomic E-state index is 11.5. The Morgan fingerprint density at radius 2 is 2.10 bits per heavy atom. The van der Waals surface area contributed by atoms with E-state index in [1.165, 1.54) is 12.8 Å². The first-order valence-electron chi connectivity index (χ1n) is 7.54. The average Bonchev–Trinajstić information content (AvgIpc) is 2.37. The van der Waals surface area contributed by atoms with Gasteiger partial charge in [-0.3, -0.25) is 0 Å². The van der Waals surface area contributed by atoms with E-state index in [1.807, 2.05) is 6.07 Å². The van der Waals surface area contributed by atoms with Crippen LogP contribution in [0.15, 0.2) is 18.2 Å². The van der Waals surface area contributed by atoms with E-state index in [-0.39, 0.29) is 5.41 Å². The molecule has 2 N–H and O–H groups in total. The Morgan fingerprint density at radius 1 is 1.35 bits per heavy atom. The zero-order chi connectivity index (χ0) is 14.5. The Bertz CT molecular complexity index is 550. The number of hydrogen-bond acceptors (Lipinski definition) is 2. The van der Waals surface area contributed by atoms with Crippen molar-refractivity contribution in [3.63, 3.8) is 0 Å². The zero-order valence-corrected chi connectivity index (χ0v) is 12.4. The van der Waals surface area contributed by atoms with E-state index >= 15 is 0 Å². The standard InChI is InChI=1S/C17H23NO2/c1-10-7-8-12-14(9-10)18-15-11(16(19)20)5-4-6-13(15)17(12,2)3/h4-6,10,12,14,18H,7-9H2,1-3H3,(H,19,20)/t10-,12+,14+/m1/s1. The van der Waals surface area contributed by atoms with Gasteiger partial charge in [0, 0.05) is 6.04 Å². The summed E-state index contributed by atoms with van der Waals surface area (Å²) in [6.07, 6.45) is 3.64. The SMILES string of the molecule is C[C@@H]1CC[C@H]2[C@H](C1)Nc1c(C(=O)O)cccc1C2(C)C. The minimum absolute atomic E-state index is 0.0385. The van der Waals surface area contributed by atoms with Crippen molar-refractivity contribution in [2.24, 2.45) is 11.8 Å². The highest BCUT2D eigenvalue weighted by molar-refractivity contribution is 5.95. The summed E-state index contributed by atoms with van der Waals surface area (Å²) in [5, 5.41) is 13.0. The third kappa shape index (κ3) is 1.91. The Morgan fingerprint density at radius 3 is 2.80 bits per heavy atom. The molecule has 0 radical (unpaired) electrons. The maximum Gasteiger partial charge on any atom is 0.337 e. The molecule has 108 valence electrons. The number of hydrogen-bond donors (Lipinski definition) is 2. The minimum Gasteiger partial charge on any atom is -0.478 e. The van der Waals surface area contributed by atoms with Crippen LogP contribution in [0.25, 0.3) is 0 Å². The fraction of sp³-hybridized carbons (Fsp3) is 0.588. The second-order valence-corrected chi connectivity index (χ2v) is 7.03. The van der Waals surface area contributed by atoms with Gasteiger partial charge < -0.3 is 10.4 Å². The van der Waals surface area contributed by atoms with Gasteiger partial charge in [0.1, 0.15) is 0 Å². The van der Waals surface area contributed by atoms with Crippen LogP contribution in [0.2, 0.25) is 0 Å². The molecule has 1 aromatic rings. The number of carbonyl (C=O) groups is 1. The van der Waals surface area contributed by atoms with Crippen LogP contribution in [0.3, 0.4) is 0 Å². The number of anilines is 1. The predicted octanol–water partition coefficient (Wildman–Crippen LogP) is 3.89. The van der Waals surface area contributed by atoms with Crippen molar-refractivity contribution in [1.29, 1.82) is 0 Å². The van der Waals surface area contributed by atoms with Crippen molar-refractivity contribution in [2.45, 2.75) is 51.5 Å². The molecule has 3 heteroatoms. The van der Waals surface area contributed by atoms with Crippen molar-refractivity contribution < 1.29 is 9.90 Å². The second kappa shape index (κ2) is 4.51. The van der Waals surface area contributed by atoms with E-state index < -0.39 is 5.97 Å². The lowest BCUT2D eigenvalue weighted by atomic mass is 9.61. The van der Waals surface area contributed by atoms with Gasteiger partial charge in [-0.05, 0) is 41.7 Å². The highest BCUT2D eigenvalue weighted by Crippen LogP contribution is 2.49. The van der Waals surface area contributed by atoms with Gasteiger partial charge in [0.25, 0.3) is 0 Å². The Kier molecular flexibility index (Phi) is 3.03. The quantitative estimate of drug-likeness (QED) is 0.816. The number of carboxylic acid groups (broad SMARTS) is 1. The first kappa shape index (κ1) is 13.5. The van der Waals surface area contributed by atoms with Gasteiger partial charge in [-0.25, -0.2) is 4.79 Å². The van der Waals surface area contributed by atoms with Gasteiger partial charge in [-0.15, -0.1) is 0 Å². The van der Waals surface area contributed by atoms with Crippen molar-refractivity contribution in [2.75, 3.05) is 5.32 Å². The van der Waals surface area contributed by atoms with Gasteiger partial charge in [-0.1, -0.05) is 39.3 Å². The highest BCUT2D eigenvalue weighted by atomic mass is 16.4. The largest absolute Gasteiger partial charge is 0.478 e. The average molecular weight is 273 g/mol. The summed E-state index contributed by atoms with van der Waals surface area (Å²) in [6, 6.07) is 6.07. The molecular weight excluding hydrogens is 250 g/mol. The summed E-state index contributed by atoms with van der Waals surface area (Å²) in [7, 11) is 0. The van der Waals surface area contributed by atoms with Crippen LogP contribution in [-0.2, 0) is 5.41 Å². The summed E-state index contributed by atoms with van der Waals surface area (Å²) in [5.41, 5.74) is 2.46. The molecule has 0 unspecified atom stereocenters.